The van der Waals surface area contributed by atoms with Gasteiger partial charge in [-0.15, -0.1) is 4.33 Å². The number of hydrogen-bond donors (Lipinski definition) is 1. The number of rotatable bonds is 17. The lowest BCUT2D eigenvalue weighted by atomic mass is 9.98. The molecule has 1 aliphatic rings. The van der Waals surface area contributed by atoms with Gasteiger partial charge in [0.2, 0.25) is 0 Å². The average molecular weight is 585 g/mol. The van der Waals surface area contributed by atoms with Gasteiger partial charge in [0.25, 0.3) is 0 Å². The van der Waals surface area contributed by atoms with Crippen LogP contribution in [0.25, 0.3) is 0 Å². The van der Waals surface area contributed by atoms with Gasteiger partial charge in [-0.05, 0) is 22.6 Å². The summed E-state index contributed by atoms with van der Waals surface area (Å²) >= 11 is 0.915. The van der Waals surface area contributed by atoms with Crippen LogP contribution in [0, 0.1) is 5.92 Å². The first-order valence-electron chi connectivity index (χ1n) is 14.0. The largest absolute Gasteiger partial charge is 0.368 e. The third kappa shape index (κ3) is 10.2. The van der Waals surface area contributed by atoms with Crippen LogP contribution in [-0.4, -0.2) is 48.3 Å². The van der Waals surface area contributed by atoms with Crippen molar-refractivity contribution in [1.82, 2.24) is 0 Å². The molecule has 0 bridgehead atoms. The monoisotopic (exact) mass is 584 g/mol. The van der Waals surface area contributed by atoms with Gasteiger partial charge in [0.15, 0.2) is 6.29 Å². The number of hydrogen-bond acceptors (Lipinski definition) is 9. The maximum atomic E-state index is 8.74. The Hall–Kier alpha value is -2.31. The molecule has 0 saturated carbocycles. The molecular formula is C32H40O8S. The molecule has 1 N–H and O–H groups in total. The van der Waals surface area contributed by atoms with Gasteiger partial charge >= 0.3 is 0 Å². The van der Waals surface area contributed by atoms with E-state index < -0.39 is 30.7 Å². The molecule has 41 heavy (non-hydrogen) atoms. The molecule has 6 atom stereocenters. The molecule has 3 aromatic rings. The van der Waals surface area contributed by atoms with E-state index in [0.717, 1.165) is 35.2 Å². The highest BCUT2D eigenvalue weighted by molar-refractivity contribution is 7.94. The van der Waals surface area contributed by atoms with E-state index in [2.05, 4.69) is 18.9 Å². The Morgan fingerprint density at radius 1 is 0.707 bits per heavy atom. The van der Waals surface area contributed by atoms with Crippen LogP contribution in [0.4, 0.5) is 0 Å². The zero-order chi connectivity index (χ0) is 28.7. The van der Waals surface area contributed by atoms with Crippen LogP contribution in [0.3, 0.4) is 0 Å². The molecule has 0 amide bonds. The summed E-state index contributed by atoms with van der Waals surface area (Å²) in [6.07, 6.45) is -1.93. The molecule has 1 heterocycles. The van der Waals surface area contributed by atoms with Crippen molar-refractivity contribution in [3.8, 4) is 0 Å². The van der Waals surface area contributed by atoms with Crippen molar-refractivity contribution in [3.63, 3.8) is 0 Å². The lowest BCUT2D eigenvalue weighted by Crippen LogP contribution is -2.61. The van der Waals surface area contributed by atoms with Crippen molar-refractivity contribution in [2.45, 2.75) is 70.8 Å². The lowest BCUT2D eigenvalue weighted by Gasteiger charge is -2.46. The fourth-order valence-corrected chi connectivity index (χ4v) is 5.01. The highest BCUT2D eigenvalue weighted by atomic mass is 32.2. The second-order valence-electron chi connectivity index (χ2n) is 10.1. The van der Waals surface area contributed by atoms with E-state index in [1.165, 1.54) is 0 Å². The summed E-state index contributed by atoms with van der Waals surface area (Å²) in [7, 11) is 0. The lowest BCUT2D eigenvalue weighted by molar-refractivity contribution is -0.432. The van der Waals surface area contributed by atoms with E-state index in [-0.39, 0.29) is 0 Å². The van der Waals surface area contributed by atoms with Crippen molar-refractivity contribution in [1.29, 1.82) is 0 Å². The fourth-order valence-electron chi connectivity index (χ4n) is 4.51. The third-order valence-electron chi connectivity index (χ3n) is 7.00. The highest BCUT2D eigenvalue weighted by Gasteiger charge is 2.49. The van der Waals surface area contributed by atoms with E-state index in [4.69, 9.17) is 33.3 Å². The van der Waals surface area contributed by atoms with Gasteiger partial charge in [0, 0.05) is 12.0 Å². The summed E-state index contributed by atoms with van der Waals surface area (Å²) < 4.78 is 37.3. The van der Waals surface area contributed by atoms with Crippen LogP contribution in [0.2, 0.25) is 0 Å². The van der Waals surface area contributed by atoms with Gasteiger partial charge in [-0.1, -0.05) is 116 Å². The molecule has 0 aromatic heterocycles. The second-order valence-corrected chi connectivity index (χ2v) is 10.8. The van der Waals surface area contributed by atoms with Gasteiger partial charge in [-0.3, -0.25) is 0 Å². The van der Waals surface area contributed by atoms with Crippen LogP contribution in [0.15, 0.2) is 91.0 Å². The fraction of sp³-hybridized carbons (Fsp3) is 0.438. The van der Waals surface area contributed by atoms with Gasteiger partial charge in [0.05, 0.1) is 32.2 Å². The van der Waals surface area contributed by atoms with Gasteiger partial charge in [-0.2, -0.15) is 0 Å². The van der Waals surface area contributed by atoms with Gasteiger partial charge in [-0.25, -0.2) is 5.26 Å². The van der Waals surface area contributed by atoms with Crippen LogP contribution < -0.4 is 0 Å². The Kier molecular flexibility index (Phi) is 13.6. The van der Waals surface area contributed by atoms with Gasteiger partial charge in [0.1, 0.15) is 24.4 Å². The quantitative estimate of drug-likeness (QED) is 0.0816. The maximum Gasteiger partial charge on any atom is 0.186 e. The normalized spacial score (nSPS) is 23.3. The minimum absolute atomic E-state index is 0.291. The molecule has 6 unspecified atom stereocenters. The molecule has 0 spiro atoms. The molecule has 1 saturated heterocycles. The summed E-state index contributed by atoms with van der Waals surface area (Å²) in [5.41, 5.74) is 3.08. The predicted octanol–water partition coefficient (Wildman–Crippen LogP) is 6.60. The summed E-state index contributed by atoms with van der Waals surface area (Å²) in [6.45, 7) is 5.83. The van der Waals surface area contributed by atoms with Crippen LogP contribution in [-0.2, 0) is 52.9 Å². The minimum Gasteiger partial charge on any atom is -0.368 e. The van der Waals surface area contributed by atoms with Crippen molar-refractivity contribution in [2.24, 2.45) is 5.92 Å². The molecule has 1 fully saturated rings. The molecule has 8 nitrogen and oxygen atoms in total. The van der Waals surface area contributed by atoms with Crippen LogP contribution in [0.5, 0.6) is 0 Å². The molecule has 4 rings (SSSR count). The summed E-state index contributed by atoms with van der Waals surface area (Å²) in [4.78, 5) is 0. The minimum atomic E-state index is -0.717. The molecule has 0 aliphatic carbocycles. The van der Waals surface area contributed by atoms with E-state index in [1.54, 1.807) is 0 Å². The van der Waals surface area contributed by atoms with Crippen molar-refractivity contribution < 1.29 is 38.3 Å². The zero-order valence-corrected chi connectivity index (χ0v) is 24.4. The number of ether oxygens (including phenoxy) is 5. The van der Waals surface area contributed by atoms with Gasteiger partial charge < -0.3 is 23.7 Å². The summed E-state index contributed by atoms with van der Waals surface area (Å²) in [6, 6.07) is 29.9. The molecule has 9 heteroatoms. The van der Waals surface area contributed by atoms with Crippen LogP contribution in [0.1, 0.15) is 37.0 Å². The molecule has 3 aromatic carbocycles. The Morgan fingerprint density at radius 3 is 1.68 bits per heavy atom. The predicted molar refractivity (Wildman–Crippen MR) is 156 cm³/mol. The summed E-state index contributed by atoms with van der Waals surface area (Å²) in [5.74, 6) is 0.628. The van der Waals surface area contributed by atoms with Crippen LogP contribution >= 0.6 is 12.0 Å². The third-order valence-corrected chi connectivity index (χ3v) is 7.62. The first-order chi connectivity index (χ1) is 20.2. The highest BCUT2D eigenvalue weighted by Crippen LogP contribution is 2.33. The first-order valence-corrected chi connectivity index (χ1v) is 14.9. The topological polar surface area (TPSA) is 84.8 Å². The average Bonchev–Trinajstić information content (AvgIpc) is 3.02. The Morgan fingerprint density at radius 2 is 1.20 bits per heavy atom. The van der Waals surface area contributed by atoms with E-state index in [1.807, 2.05) is 91.0 Å². The standard InChI is InChI=1S/C32H40O8S/c1-3-24(2)19-37-32-31(36-22-27-17-11-6-12-18-27)30(35-21-26-15-9-5-10-16-26)29(28(38-32)23-41-40-39-33)34-20-25-13-7-4-8-14-25/h4-18,24,28-33H,3,19-23H2,1-2H3. The molecular weight excluding hydrogens is 544 g/mol. The van der Waals surface area contributed by atoms with Crippen molar-refractivity contribution >= 4 is 12.0 Å². The Balaban J connectivity index is 1.63. The molecule has 1 aliphatic heterocycles. The molecule has 222 valence electrons. The SMILES string of the molecule is CCC(C)COC1OC(CSOOO)C(OCc2ccccc2)C(OCc2ccccc2)C1OCc1ccccc1. The van der Waals surface area contributed by atoms with E-state index in [9.17, 15) is 0 Å². The van der Waals surface area contributed by atoms with E-state index in [0.29, 0.717) is 38.1 Å². The smallest absolute Gasteiger partial charge is 0.186 e. The van der Waals surface area contributed by atoms with Crippen molar-refractivity contribution in [3.05, 3.63) is 108 Å². The van der Waals surface area contributed by atoms with E-state index >= 15 is 0 Å². The molecule has 0 radical (unpaired) electrons. The Bertz CT molecular complexity index is 1090. The zero-order valence-electron chi connectivity index (χ0n) is 23.6. The maximum absolute atomic E-state index is 8.74. The number of benzene rings is 3. The summed E-state index contributed by atoms with van der Waals surface area (Å²) in [5, 5.41) is 12.6. The Labute approximate surface area is 246 Å². The van der Waals surface area contributed by atoms with Crippen molar-refractivity contribution in [2.75, 3.05) is 12.4 Å². The first kappa shape index (κ1) is 31.6. The second kappa shape index (κ2) is 17.6.